The summed E-state index contributed by atoms with van der Waals surface area (Å²) in [7, 11) is -3.00. The summed E-state index contributed by atoms with van der Waals surface area (Å²) in [6, 6.07) is 0. The van der Waals surface area contributed by atoms with E-state index in [9.17, 15) is 8.42 Å². The largest absolute Gasteiger partial charge is 0.316 e. The van der Waals surface area contributed by atoms with E-state index in [-0.39, 0.29) is 0 Å². The fourth-order valence-corrected chi connectivity index (χ4v) is 3.86. The molecule has 0 aliphatic carbocycles. The quantitative estimate of drug-likeness (QED) is 0.782. The van der Waals surface area contributed by atoms with Crippen LogP contribution < -0.4 is 5.32 Å². The maximum absolute atomic E-state index is 11.5. The SMILES string of the molecule is CCC1(CN2CCN(S(C)(=O)=O)CC2)CCNC1. The molecule has 2 aliphatic rings. The van der Waals surface area contributed by atoms with Crippen LogP contribution in [0, 0.1) is 5.41 Å². The van der Waals surface area contributed by atoms with Crippen LogP contribution in [0.3, 0.4) is 0 Å². The van der Waals surface area contributed by atoms with E-state index >= 15 is 0 Å². The molecule has 6 heteroatoms. The van der Waals surface area contributed by atoms with E-state index in [4.69, 9.17) is 0 Å². The molecule has 0 aromatic rings. The predicted octanol–water partition coefficient (Wildman–Crippen LogP) is -0.0467. The second-order valence-electron chi connectivity index (χ2n) is 5.72. The van der Waals surface area contributed by atoms with Gasteiger partial charge in [0.1, 0.15) is 0 Å². The molecule has 0 bridgehead atoms. The molecule has 2 saturated heterocycles. The number of sulfonamides is 1. The molecule has 0 amide bonds. The van der Waals surface area contributed by atoms with Crippen LogP contribution in [0.4, 0.5) is 0 Å². The second kappa shape index (κ2) is 5.45. The van der Waals surface area contributed by atoms with Crippen molar-refractivity contribution in [1.82, 2.24) is 14.5 Å². The summed E-state index contributed by atoms with van der Waals surface area (Å²) >= 11 is 0. The molecule has 18 heavy (non-hydrogen) atoms. The molecule has 1 unspecified atom stereocenters. The van der Waals surface area contributed by atoms with Crippen molar-refractivity contribution in [3.05, 3.63) is 0 Å². The molecule has 0 aromatic carbocycles. The predicted molar refractivity (Wildman–Crippen MR) is 73.1 cm³/mol. The minimum absolute atomic E-state index is 0.410. The molecule has 0 radical (unpaired) electrons. The van der Waals surface area contributed by atoms with Gasteiger partial charge in [0.05, 0.1) is 6.26 Å². The average Bonchev–Trinajstić information content (AvgIpc) is 2.78. The van der Waals surface area contributed by atoms with Crippen molar-refractivity contribution >= 4 is 10.0 Å². The van der Waals surface area contributed by atoms with Crippen LogP contribution >= 0.6 is 0 Å². The first-order chi connectivity index (χ1) is 8.45. The Morgan fingerprint density at radius 1 is 1.22 bits per heavy atom. The summed E-state index contributed by atoms with van der Waals surface area (Å²) in [5, 5.41) is 3.45. The van der Waals surface area contributed by atoms with Crippen LogP contribution in [0.25, 0.3) is 0 Å². The Labute approximate surface area is 111 Å². The molecule has 2 heterocycles. The first-order valence-electron chi connectivity index (χ1n) is 6.83. The summed E-state index contributed by atoms with van der Waals surface area (Å²) in [6.45, 7) is 8.63. The van der Waals surface area contributed by atoms with Crippen LogP contribution in [0.5, 0.6) is 0 Å². The maximum atomic E-state index is 11.5. The summed E-state index contributed by atoms with van der Waals surface area (Å²) < 4.78 is 24.5. The topological polar surface area (TPSA) is 52.7 Å². The summed E-state index contributed by atoms with van der Waals surface area (Å²) in [5.74, 6) is 0. The van der Waals surface area contributed by atoms with Crippen molar-refractivity contribution in [2.24, 2.45) is 5.41 Å². The molecule has 2 rings (SSSR count). The molecule has 106 valence electrons. The van der Waals surface area contributed by atoms with Gasteiger partial charge in [-0.05, 0) is 24.8 Å². The monoisotopic (exact) mass is 275 g/mol. The van der Waals surface area contributed by atoms with Crippen molar-refractivity contribution in [3.63, 3.8) is 0 Å². The van der Waals surface area contributed by atoms with Gasteiger partial charge in [-0.15, -0.1) is 0 Å². The Morgan fingerprint density at radius 2 is 1.89 bits per heavy atom. The molecule has 1 atom stereocenters. The Kier molecular flexibility index (Phi) is 4.31. The number of nitrogens with zero attached hydrogens (tertiary/aromatic N) is 2. The third kappa shape index (κ3) is 3.23. The Balaban J connectivity index is 1.87. The lowest BCUT2D eigenvalue weighted by Crippen LogP contribution is -2.51. The Hall–Kier alpha value is -0.170. The van der Waals surface area contributed by atoms with Crippen LogP contribution in [-0.4, -0.2) is 69.7 Å². The second-order valence-corrected chi connectivity index (χ2v) is 7.70. The van der Waals surface area contributed by atoms with Gasteiger partial charge in [-0.3, -0.25) is 0 Å². The van der Waals surface area contributed by atoms with E-state index in [1.165, 1.54) is 19.1 Å². The molecular weight excluding hydrogens is 250 g/mol. The van der Waals surface area contributed by atoms with Crippen LogP contribution in [-0.2, 0) is 10.0 Å². The number of nitrogens with one attached hydrogen (secondary N) is 1. The van der Waals surface area contributed by atoms with Gasteiger partial charge in [0.15, 0.2) is 0 Å². The van der Waals surface area contributed by atoms with E-state index in [0.29, 0.717) is 18.5 Å². The zero-order valence-electron chi connectivity index (χ0n) is 11.5. The van der Waals surface area contributed by atoms with Crippen molar-refractivity contribution in [3.8, 4) is 0 Å². The van der Waals surface area contributed by atoms with Crippen LogP contribution in [0.15, 0.2) is 0 Å². The van der Waals surface area contributed by atoms with Crippen molar-refractivity contribution < 1.29 is 8.42 Å². The summed E-state index contributed by atoms with van der Waals surface area (Å²) in [5.41, 5.74) is 0.410. The smallest absolute Gasteiger partial charge is 0.211 e. The molecule has 5 nitrogen and oxygen atoms in total. The Morgan fingerprint density at radius 3 is 2.33 bits per heavy atom. The molecule has 0 spiro atoms. The minimum Gasteiger partial charge on any atom is -0.316 e. The highest BCUT2D eigenvalue weighted by Gasteiger charge is 2.35. The zero-order valence-corrected chi connectivity index (χ0v) is 12.3. The van der Waals surface area contributed by atoms with Gasteiger partial charge in [0.25, 0.3) is 0 Å². The van der Waals surface area contributed by atoms with Crippen molar-refractivity contribution in [1.29, 1.82) is 0 Å². The van der Waals surface area contributed by atoms with Crippen LogP contribution in [0.1, 0.15) is 19.8 Å². The average molecular weight is 275 g/mol. The molecule has 1 N–H and O–H groups in total. The van der Waals surface area contributed by atoms with Gasteiger partial charge < -0.3 is 10.2 Å². The lowest BCUT2D eigenvalue weighted by molar-refractivity contribution is 0.120. The Bertz CT molecular complexity index is 369. The van der Waals surface area contributed by atoms with E-state index in [0.717, 1.165) is 32.7 Å². The van der Waals surface area contributed by atoms with Gasteiger partial charge >= 0.3 is 0 Å². The third-order valence-electron chi connectivity index (χ3n) is 4.44. The first-order valence-corrected chi connectivity index (χ1v) is 8.68. The molecule has 2 aliphatic heterocycles. The molecule has 2 fully saturated rings. The van der Waals surface area contributed by atoms with Crippen LogP contribution in [0.2, 0.25) is 0 Å². The zero-order chi connectivity index (χ0) is 13.2. The fraction of sp³-hybridized carbons (Fsp3) is 1.00. The van der Waals surface area contributed by atoms with E-state index in [1.54, 1.807) is 4.31 Å². The highest BCUT2D eigenvalue weighted by atomic mass is 32.2. The van der Waals surface area contributed by atoms with E-state index in [1.807, 2.05) is 0 Å². The van der Waals surface area contributed by atoms with Crippen molar-refractivity contribution in [2.45, 2.75) is 19.8 Å². The standard InChI is InChI=1S/C12H25N3O2S/c1-3-12(4-5-13-10-12)11-14-6-8-15(9-7-14)18(2,16)17/h13H,3-11H2,1-2H3. The normalized spacial score (nSPS) is 31.9. The van der Waals surface area contributed by atoms with Gasteiger partial charge in [-0.2, -0.15) is 4.31 Å². The fourth-order valence-electron chi connectivity index (χ4n) is 3.04. The van der Waals surface area contributed by atoms with Gasteiger partial charge in [-0.1, -0.05) is 6.92 Å². The number of hydrogen-bond acceptors (Lipinski definition) is 4. The highest BCUT2D eigenvalue weighted by molar-refractivity contribution is 7.88. The number of rotatable bonds is 4. The lowest BCUT2D eigenvalue weighted by atomic mass is 9.83. The molecule has 0 aromatic heterocycles. The third-order valence-corrected chi connectivity index (χ3v) is 5.74. The summed E-state index contributed by atoms with van der Waals surface area (Å²) in [4.78, 5) is 2.43. The van der Waals surface area contributed by atoms with E-state index < -0.39 is 10.0 Å². The van der Waals surface area contributed by atoms with E-state index in [2.05, 4.69) is 17.1 Å². The lowest BCUT2D eigenvalue weighted by Gasteiger charge is -2.39. The number of piperazine rings is 1. The summed E-state index contributed by atoms with van der Waals surface area (Å²) in [6.07, 6.45) is 3.75. The highest BCUT2D eigenvalue weighted by Crippen LogP contribution is 2.30. The molecular formula is C12H25N3O2S. The first kappa shape index (κ1) is 14.2. The van der Waals surface area contributed by atoms with Gasteiger partial charge in [0.2, 0.25) is 10.0 Å². The van der Waals surface area contributed by atoms with Gasteiger partial charge in [-0.25, -0.2) is 8.42 Å². The number of hydrogen-bond donors (Lipinski definition) is 1. The van der Waals surface area contributed by atoms with Crippen molar-refractivity contribution in [2.75, 3.05) is 52.1 Å². The minimum atomic E-state index is -3.00. The van der Waals surface area contributed by atoms with Gasteiger partial charge in [0, 0.05) is 39.3 Å². The maximum Gasteiger partial charge on any atom is 0.211 e. The molecule has 0 saturated carbocycles.